The van der Waals surface area contributed by atoms with Gasteiger partial charge in [-0.3, -0.25) is 0 Å². The Morgan fingerprint density at radius 1 is 1.14 bits per heavy atom. The van der Waals surface area contributed by atoms with Crippen LogP contribution < -0.4 is 10.2 Å². The van der Waals surface area contributed by atoms with Gasteiger partial charge in [0.25, 0.3) is 0 Å². The number of rotatable bonds is 6. The first kappa shape index (κ1) is 15.2. The summed E-state index contributed by atoms with van der Waals surface area (Å²) >= 11 is 0. The molecule has 0 aliphatic rings. The van der Waals surface area contributed by atoms with Gasteiger partial charge in [-0.15, -0.1) is 0 Å². The van der Waals surface area contributed by atoms with Crippen molar-refractivity contribution >= 4 is 11.6 Å². The Morgan fingerprint density at radius 3 is 2.52 bits per heavy atom. The van der Waals surface area contributed by atoms with Gasteiger partial charge in [0, 0.05) is 26.2 Å². The zero-order valence-electron chi connectivity index (χ0n) is 12.2. The van der Waals surface area contributed by atoms with E-state index in [9.17, 15) is 8.78 Å². The molecule has 1 heterocycles. The van der Waals surface area contributed by atoms with E-state index in [1.54, 1.807) is 11.9 Å². The Bertz CT molecular complexity index is 588. The zero-order valence-corrected chi connectivity index (χ0v) is 12.2. The number of hydrogen-bond acceptors (Lipinski definition) is 3. The van der Waals surface area contributed by atoms with E-state index in [1.807, 2.05) is 37.3 Å². The van der Waals surface area contributed by atoms with Gasteiger partial charge in [-0.05, 0) is 12.0 Å². The molecule has 1 aromatic heterocycles. The number of pyridine rings is 1. The van der Waals surface area contributed by atoms with Crippen LogP contribution in [0.3, 0.4) is 0 Å². The summed E-state index contributed by atoms with van der Waals surface area (Å²) < 4.78 is 27.6. The lowest BCUT2D eigenvalue weighted by Crippen LogP contribution is -2.20. The molecule has 1 aromatic carbocycles. The molecule has 0 atom stereocenters. The highest BCUT2D eigenvalue weighted by atomic mass is 19.1. The van der Waals surface area contributed by atoms with E-state index in [-0.39, 0.29) is 11.6 Å². The van der Waals surface area contributed by atoms with Crippen LogP contribution in [0, 0.1) is 11.6 Å². The number of halogens is 2. The Kier molecular flexibility index (Phi) is 5.09. The molecule has 0 spiro atoms. The van der Waals surface area contributed by atoms with Gasteiger partial charge in [-0.25, -0.2) is 13.8 Å². The summed E-state index contributed by atoms with van der Waals surface area (Å²) in [5.74, 6) is -1.10. The van der Waals surface area contributed by atoms with Crippen molar-refractivity contribution in [2.75, 3.05) is 23.8 Å². The molecule has 0 saturated carbocycles. The third kappa shape index (κ3) is 3.90. The van der Waals surface area contributed by atoms with Crippen molar-refractivity contribution in [1.29, 1.82) is 0 Å². The van der Waals surface area contributed by atoms with Crippen molar-refractivity contribution in [2.45, 2.75) is 19.9 Å². The summed E-state index contributed by atoms with van der Waals surface area (Å²) in [5.41, 5.74) is 1.04. The molecule has 21 heavy (non-hydrogen) atoms. The van der Waals surface area contributed by atoms with Gasteiger partial charge in [0.1, 0.15) is 0 Å². The molecule has 3 nitrogen and oxygen atoms in total. The zero-order chi connectivity index (χ0) is 15.2. The van der Waals surface area contributed by atoms with Crippen molar-refractivity contribution in [3.63, 3.8) is 0 Å². The summed E-state index contributed by atoms with van der Waals surface area (Å²) in [6, 6.07) is 10.6. The lowest BCUT2D eigenvalue weighted by Gasteiger charge is -2.20. The van der Waals surface area contributed by atoms with Crippen molar-refractivity contribution in [3.8, 4) is 0 Å². The van der Waals surface area contributed by atoms with Crippen LogP contribution in [0.4, 0.5) is 20.4 Å². The first-order chi connectivity index (χ1) is 10.1. The predicted octanol–water partition coefficient (Wildman–Crippen LogP) is 3.82. The van der Waals surface area contributed by atoms with Crippen LogP contribution in [-0.2, 0) is 6.54 Å². The van der Waals surface area contributed by atoms with Gasteiger partial charge in [0.15, 0.2) is 23.3 Å². The lowest BCUT2D eigenvalue weighted by atomic mass is 10.2. The maximum absolute atomic E-state index is 13.9. The molecule has 0 bridgehead atoms. The van der Waals surface area contributed by atoms with Gasteiger partial charge in [-0.1, -0.05) is 37.3 Å². The summed E-state index contributed by atoms with van der Waals surface area (Å²) in [6.07, 6.45) is 0.841. The molecule has 5 heteroatoms. The molecule has 0 radical (unpaired) electrons. The van der Waals surface area contributed by atoms with Gasteiger partial charge in [0.2, 0.25) is 0 Å². The normalized spacial score (nSPS) is 10.5. The maximum Gasteiger partial charge on any atom is 0.168 e. The summed E-state index contributed by atoms with van der Waals surface area (Å²) in [5, 5.41) is 2.87. The maximum atomic E-state index is 13.9. The van der Waals surface area contributed by atoms with E-state index in [1.165, 1.54) is 0 Å². The summed E-state index contributed by atoms with van der Waals surface area (Å²) in [4.78, 5) is 5.74. The molecule has 1 N–H and O–H groups in total. The van der Waals surface area contributed by atoms with E-state index in [2.05, 4.69) is 10.3 Å². The fourth-order valence-corrected chi connectivity index (χ4v) is 2.02. The first-order valence-corrected chi connectivity index (χ1v) is 6.96. The second-order valence-corrected chi connectivity index (χ2v) is 4.89. The van der Waals surface area contributed by atoms with Gasteiger partial charge < -0.3 is 10.2 Å². The minimum Gasteiger partial charge on any atom is -0.368 e. The number of nitrogens with one attached hydrogen (secondary N) is 1. The highest BCUT2D eigenvalue weighted by molar-refractivity contribution is 5.49. The third-order valence-electron chi connectivity index (χ3n) is 3.08. The van der Waals surface area contributed by atoms with E-state index in [0.717, 1.165) is 18.1 Å². The summed E-state index contributed by atoms with van der Waals surface area (Å²) in [7, 11) is 1.74. The molecule has 0 amide bonds. The third-order valence-corrected chi connectivity index (χ3v) is 3.08. The number of nitrogens with zero attached hydrogens (tertiary/aromatic N) is 2. The summed E-state index contributed by atoms with van der Waals surface area (Å²) in [6.45, 7) is 3.07. The molecule has 2 rings (SSSR count). The van der Waals surface area contributed by atoms with Crippen LogP contribution in [0.5, 0.6) is 0 Å². The Hall–Kier alpha value is -2.17. The smallest absolute Gasteiger partial charge is 0.168 e. The number of aromatic nitrogens is 1. The van der Waals surface area contributed by atoms with Crippen LogP contribution in [0.15, 0.2) is 36.4 Å². The van der Waals surface area contributed by atoms with Gasteiger partial charge in [0.05, 0.1) is 0 Å². The lowest BCUT2D eigenvalue weighted by molar-refractivity contribution is 0.572. The molecule has 0 fully saturated rings. The fraction of sp³-hybridized carbons (Fsp3) is 0.312. The Labute approximate surface area is 123 Å². The average molecular weight is 291 g/mol. The average Bonchev–Trinajstić information content (AvgIpc) is 2.47. The highest BCUT2D eigenvalue weighted by Gasteiger charge is 2.15. The highest BCUT2D eigenvalue weighted by Crippen LogP contribution is 2.22. The van der Waals surface area contributed by atoms with E-state index in [4.69, 9.17) is 0 Å². The molecule has 2 aromatic rings. The van der Waals surface area contributed by atoms with Crippen molar-refractivity contribution in [2.24, 2.45) is 0 Å². The quantitative estimate of drug-likeness (QED) is 0.877. The van der Waals surface area contributed by atoms with E-state index in [0.29, 0.717) is 13.1 Å². The van der Waals surface area contributed by atoms with Crippen LogP contribution >= 0.6 is 0 Å². The molecular weight excluding hydrogens is 272 g/mol. The topological polar surface area (TPSA) is 28.2 Å². The standard InChI is InChI=1S/C16H19F2N3/c1-3-9-19-15-13(17)10-14(18)16(20-15)21(2)11-12-7-5-4-6-8-12/h4-8,10H,3,9,11H2,1-2H3,(H,19,20). The second-order valence-electron chi connectivity index (χ2n) is 4.89. The van der Waals surface area contributed by atoms with Crippen LogP contribution in [0.25, 0.3) is 0 Å². The van der Waals surface area contributed by atoms with E-state index >= 15 is 0 Å². The molecular formula is C16H19F2N3. The predicted molar refractivity (Wildman–Crippen MR) is 81.5 cm³/mol. The monoisotopic (exact) mass is 291 g/mol. The minimum atomic E-state index is -0.669. The molecule has 0 saturated heterocycles. The SMILES string of the molecule is CCCNc1nc(N(C)Cc2ccccc2)c(F)cc1F. The Morgan fingerprint density at radius 2 is 1.86 bits per heavy atom. The van der Waals surface area contributed by atoms with E-state index < -0.39 is 11.6 Å². The number of anilines is 2. The van der Waals surface area contributed by atoms with Gasteiger partial charge in [-0.2, -0.15) is 0 Å². The Balaban J connectivity index is 2.21. The number of benzene rings is 1. The van der Waals surface area contributed by atoms with Crippen molar-refractivity contribution in [1.82, 2.24) is 4.98 Å². The minimum absolute atomic E-state index is 0.0909. The number of hydrogen-bond donors (Lipinski definition) is 1. The largest absolute Gasteiger partial charge is 0.368 e. The molecule has 0 aliphatic heterocycles. The van der Waals surface area contributed by atoms with Crippen molar-refractivity contribution in [3.05, 3.63) is 53.6 Å². The van der Waals surface area contributed by atoms with Crippen molar-refractivity contribution < 1.29 is 8.78 Å². The molecule has 112 valence electrons. The molecule has 0 aliphatic carbocycles. The van der Waals surface area contributed by atoms with Crippen LogP contribution in [-0.4, -0.2) is 18.6 Å². The molecule has 0 unspecified atom stereocenters. The fourth-order valence-electron chi connectivity index (χ4n) is 2.02. The van der Waals surface area contributed by atoms with Gasteiger partial charge >= 0.3 is 0 Å². The second kappa shape index (κ2) is 7.02. The van der Waals surface area contributed by atoms with Crippen LogP contribution in [0.1, 0.15) is 18.9 Å². The first-order valence-electron chi connectivity index (χ1n) is 6.96. The van der Waals surface area contributed by atoms with Crippen LogP contribution in [0.2, 0.25) is 0 Å².